The summed E-state index contributed by atoms with van der Waals surface area (Å²) in [4.78, 5) is 22.8. The Morgan fingerprint density at radius 1 is 1.14 bits per heavy atom. The first-order valence-corrected chi connectivity index (χ1v) is 11.4. The Morgan fingerprint density at radius 3 is 2.59 bits per heavy atom. The zero-order valence-electron chi connectivity index (χ0n) is 17.3. The Kier molecular flexibility index (Phi) is 7.52. The minimum atomic E-state index is 0.114. The molecule has 1 amide bonds. The largest absolute Gasteiger partial charge is 0.497 e. The van der Waals surface area contributed by atoms with Gasteiger partial charge in [0.05, 0.1) is 17.3 Å². The van der Waals surface area contributed by atoms with Gasteiger partial charge in [0.2, 0.25) is 5.91 Å². The summed E-state index contributed by atoms with van der Waals surface area (Å²) in [6.45, 7) is 3.51. The molecular formula is C22H27N3O2S2. The van der Waals surface area contributed by atoms with E-state index in [9.17, 15) is 4.79 Å². The first-order chi connectivity index (χ1) is 14.0. The van der Waals surface area contributed by atoms with Crippen LogP contribution < -0.4 is 9.64 Å². The molecule has 2 aromatic carbocycles. The molecule has 0 radical (unpaired) electrons. The molecule has 0 saturated heterocycles. The Balaban J connectivity index is 1.68. The SMILES string of the molecule is COc1ccc(SCCC(=O)N(CCN(C)C)c2nc3ccc(C)cc3s2)cc1. The van der Waals surface area contributed by atoms with E-state index >= 15 is 0 Å². The number of hydrogen-bond donors (Lipinski definition) is 0. The number of carbonyl (C=O) groups excluding carboxylic acids is 1. The van der Waals surface area contributed by atoms with E-state index in [1.54, 1.807) is 30.2 Å². The number of amides is 1. The van der Waals surface area contributed by atoms with E-state index in [-0.39, 0.29) is 5.91 Å². The highest BCUT2D eigenvalue weighted by Crippen LogP contribution is 2.30. The number of likely N-dealkylation sites (N-methyl/N-ethyl adjacent to an activating group) is 1. The molecule has 5 nitrogen and oxygen atoms in total. The van der Waals surface area contributed by atoms with E-state index in [1.165, 1.54) is 5.56 Å². The third-order valence-corrected chi connectivity index (χ3v) is 6.53. The number of methoxy groups -OCH3 is 1. The Labute approximate surface area is 180 Å². The molecule has 1 heterocycles. The van der Waals surface area contributed by atoms with Crippen LogP contribution in [0.15, 0.2) is 47.4 Å². The van der Waals surface area contributed by atoms with Crippen LogP contribution >= 0.6 is 23.1 Å². The van der Waals surface area contributed by atoms with E-state index in [0.717, 1.165) is 38.3 Å². The number of thioether (sulfide) groups is 1. The second kappa shape index (κ2) is 10.1. The smallest absolute Gasteiger partial charge is 0.229 e. The molecule has 0 saturated carbocycles. The molecule has 3 aromatic rings. The number of rotatable bonds is 9. The van der Waals surface area contributed by atoms with Crippen LogP contribution in [-0.4, -0.2) is 55.8 Å². The zero-order valence-corrected chi connectivity index (χ0v) is 19.0. The minimum absolute atomic E-state index is 0.114. The van der Waals surface area contributed by atoms with Crippen molar-refractivity contribution in [2.75, 3.05) is 44.9 Å². The van der Waals surface area contributed by atoms with Gasteiger partial charge in [0, 0.05) is 30.2 Å². The quantitative estimate of drug-likeness (QED) is 0.462. The van der Waals surface area contributed by atoms with Gasteiger partial charge in [-0.3, -0.25) is 9.69 Å². The summed E-state index contributed by atoms with van der Waals surface area (Å²) < 4.78 is 6.31. The minimum Gasteiger partial charge on any atom is -0.497 e. The van der Waals surface area contributed by atoms with Crippen molar-refractivity contribution in [3.8, 4) is 5.75 Å². The summed E-state index contributed by atoms with van der Waals surface area (Å²) in [6.07, 6.45) is 0.471. The Morgan fingerprint density at radius 2 is 1.90 bits per heavy atom. The van der Waals surface area contributed by atoms with Gasteiger partial charge >= 0.3 is 0 Å². The van der Waals surface area contributed by atoms with Crippen molar-refractivity contribution in [3.63, 3.8) is 0 Å². The number of carbonyl (C=O) groups is 1. The summed E-state index contributed by atoms with van der Waals surface area (Å²) >= 11 is 3.27. The molecule has 29 heavy (non-hydrogen) atoms. The summed E-state index contributed by atoms with van der Waals surface area (Å²) in [5.41, 5.74) is 2.15. The molecular weight excluding hydrogens is 402 g/mol. The second-order valence-corrected chi connectivity index (χ2v) is 9.27. The van der Waals surface area contributed by atoms with Gasteiger partial charge in [-0.2, -0.15) is 0 Å². The lowest BCUT2D eigenvalue weighted by Gasteiger charge is -2.22. The van der Waals surface area contributed by atoms with Crippen molar-refractivity contribution in [1.82, 2.24) is 9.88 Å². The predicted octanol–water partition coefficient (Wildman–Crippen LogP) is 4.69. The monoisotopic (exact) mass is 429 g/mol. The van der Waals surface area contributed by atoms with Gasteiger partial charge in [0.15, 0.2) is 5.13 Å². The van der Waals surface area contributed by atoms with Crippen LogP contribution in [0.1, 0.15) is 12.0 Å². The van der Waals surface area contributed by atoms with Crippen LogP contribution in [0.4, 0.5) is 5.13 Å². The lowest BCUT2D eigenvalue weighted by Crippen LogP contribution is -2.36. The average molecular weight is 430 g/mol. The fraction of sp³-hybridized carbons (Fsp3) is 0.364. The van der Waals surface area contributed by atoms with Gasteiger partial charge in [0.1, 0.15) is 5.75 Å². The Bertz CT molecular complexity index is 954. The van der Waals surface area contributed by atoms with Crippen molar-refractivity contribution in [2.45, 2.75) is 18.2 Å². The molecule has 154 valence electrons. The molecule has 0 N–H and O–H groups in total. The summed E-state index contributed by atoms with van der Waals surface area (Å²) in [6, 6.07) is 14.1. The average Bonchev–Trinajstić information content (AvgIpc) is 3.11. The van der Waals surface area contributed by atoms with Gasteiger partial charge in [0.25, 0.3) is 0 Å². The number of fused-ring (bicyclic) bond motifs is 1. The molecule has 0 bridgehead atoms. The molecule has 0 atom stereocenters. The normalized spacial score (nSPS) is 11.2. The number of anilines is 1. The van der Waals surface area contributed by atoms with E-state index in [4.69, 9.17) is 9.72 Å². The van der Waals surface area contributed by atoms with E-state index in [0.29, 0.717) is 13.0 Å². The standard InChI is InChI=1S/C22H27N3O2S2/c1-16-5-10-19-20(15-16)29-22(23-19)25(13-12-24(2)3)21(26)11-14-28-18-8-6-17(27-4)7-9-18/h5-10,15H,11-14H2,1-4H3. The van der Waals surface area contributed by atoms with Gasteiger partial charge in [-0.1, -0.05) is 17.4 Å². The first-order valence-electron chi connectivity index (χ1n) is 9.55. The lowest BCUT2D eigenvalue weighted by molar-refractivity contribution is -0.118. The van der Waals surface area contributed by atoms with E-state index in [2.05, 4.69) is 24.0 Å². The number of aryl methyl sites for hydroxylation is 1. The number of benzene rings is 2. The number of nitrogens with zero attached hydrogens (tertiary/aromatic N) is 3. The fourth-order valence-electron chi connectivity index (χ4n) is 2.83. The molecule has 0 unspecified atom stereocenters. The number of ether oxygens (including phenoxy) is 1. The molecule has 0 aliphatic rings. The summed E-state index contributed by atoms with van der Waals surface area (Å²) in [5, 5.41) is 0.784. The van der Waals surface area contributed by atoms with Crippen LogP contribution in [0.3, 0.4) is 0 Å². The highest BCUT2D eigenvalue weighted by Gasteiger charge is 2.19. The van der Waals surface area contributed by atoms with Crippen LogP contribution in [0, 0.1) is 6.92 Å². The third kappa shape index (κ3) is 5.95. The maximum atomic E-state index is 13.0. The molecule has 0 aliphatic carbocycles. The molecule has 7 heteroatoms. The van der Waals surface area contributed by atoms with Gasteiger partial charge in [-0.25, -0.2) is 4.98 Å². The third-order valence-electron chi connectivity index (χ3n) is 4.48. The highest BCUT2D eigenvalue weighted by molar-refractivity contribution is 7.99. The van der Waals surface area contributed by atoms with Gasteiger partial charge in [-0.15, -0.1) is 11.8 Å². The van der Waals surface area contributed by atoms with Crippen LogP contribution in [0.5, 0.6) is 5.75 Å². The highest BCUT2D eigenvalue weighted by atomic mass is 32.2. The number of hydrogen-bond acceptors (Lipinski definition) is 6. The molecule has 0 fully saturated rings. The van der Waals surface area contributed by atoms with Gasteiger partial charge < -0.3 is 9.64 Å². The van der Waals surface area contributed by atoms with Crippen LogP contribution in [0.2, 0.25) is 0 Å². The van der Waals surface area contributed by atoms with Crippen molar-refractivity contribution < 1.29 is 9.53 Å². The van der Waals surface area contributed by atoms with E-state index < -0.39 is 0 Å². The van der Waals surface area contributed by atoms with Crippen LogP contribution in [-0.2, 0) is 4.79 Å². The van der Waals surface area contributed by atoms with Crippen molar-refractivity contribution >= 4 is 44.4 Å². The molecule has 1 aromatic heterocycles. The lowest BCUT2D eigenvalue weighted by atomic mass is 10.2. The topological polar surface area (TPSA) is 45.7 Å². The molecule has 0 aliphatic heterocycles. The maximum absolute atomic E-state index is 13.0. The van der Waals surface area contributed by atoms with E-state index in [1.807, 2.05) is 49.3 Å². The van der Waals surface area contributed by atoms with Crippen molar-refractivity contribution in [2.24, 2.45) is 0 Å². The fourth-order valence-corrected chi connectivity index (χ4v) is 4.77. The van der Waals surface area contributed by atoms with Crippen molar-refractivity contribution in [3.05, 3.63) is 48.0 Å². The predicted molar refractivity (Wildman–Crippen MR) is 124 cm³/mol. The molecule has 3 rings (SSSR count). The zero-order chi connectivity index (χ0) is 20.8. The van der Waals surface area contributed by atoms with Gasteiger partial charge in [-0.05, 0) is 63.0 Å². The van der Waals surface area contributed by atoms with Crippen molar-refractivity contribution in [1.29, 1.82) is 0 Å². The maximum Gasteiger partial charge on any atom is 0.229 e. The first kappa shape index (κ1) is 21.6. The number of aromatic nitrogens is 1. The van der Waals surface area contributed by atoms with Crippen LogP contribution in [0.25, 0.3) is 10.2 Å². The molecule has 0 spiro atoms. The Hall–Kier alpha value is -2.09. The summed E-state index contributed by atoms with van der Waals surface area (Å²) in [5.74, 6) is 1.68. The summed E-state index contributed by atoms with van der Waals surface area (Å²) in [7, 11) is 5.69. The second-order valence-electron chi connectivity index (χ2n) is 7.09. The number of thiazole rings is 1.